The molecule has 122 valence electrons. The van der Waals surface area contributed by atoms with Crippen LogP contribution in [0.5, 0.6) is 0 Å². The van der Waals surface area contributed by atoms with Crippen LogP contribution in [-0.2, 0) is 11.3 Å². The van der Waals surface area contributed by atoms with Crippen molar-refractivity contribution in [2.24, 2.45) is 5.73 Å². The number of carbonyl (C=O) groups is 1. The Balaban J connectivity index is 1.76. The van der Waals surface area contributed by atoms with Crippen molar-refractivity contribution in [1.29, 1.82) is 0 Å². The SMILES string of the molecule is Cc1ccccc1CN(C)CC[C@H](N)C(=O)N1CCCCC1. The van der Waals surface area contributed by atoms with E-state index in [0.29, 0.717) is 0 Å². The number of piperidine rings is 1. The van der Waals surface area contributed by atoms with E-state index in [-0.39, 0.29) is 11.9 Å². The summed E-state index contributed by atoms with van der Waals surface area (Å²) in [5.74, 6) is 0.129. The lowest BCUT2D eigenvalue weighted by atomic mass is 10.1. The predicted octanol–water partition coefficient (Wildman–Crippen LogP) is 2.16. The smallest absolute Gasteiger partial charge is 0.239 e. The fourth-order valence-corrected chi connectivity index (χ4v) is 2.99. The Morgan fingerprint density at radius 3 is 2.64 bits per heavy atom. The minimum atomic E-state index is -0.363. The maximum Gasteiger partial charge on any atom is 0.239 e. The lowest BCUT2D eigenvalue weighted by Crippen LogP contribution is -2.47. The van der Waals surface area contributed by atoms with Crippen LogP contribution in [0.2, 0.25) is 0 Å². The third-order valence-corrected chi connectivity index (χ3v) is 4.51. The van der Waals surface area contributed by atoms with Crippen molar-refractivity contribution >= 4 is 5.91 Å². The molecule has 0 aromatic heterocycles. The van der Waals surface area contributed by atoms with Crippen molar-refractivity contribution in [3.05, 3.63) is 35.4 Å². The van der Waals surface area contributed by atoms with E-state index in [9.17, 15) is 4.79 Å². The Morgan fingerprint density at radius 2 is 1.95 bits per heavy atom. The summed E-state index contributed by atoms with van der Waals surface area (Å²) in [5.41, 5.74) is 8.74. The second kappa shape index (κ2) is 8.30. The molecule has 1 aliphatic heterocycles. The van der Waals surface area contributed by atoms with Gasteiger partial charge in [0.1, 0.15) is 0 Å². The lowest BCUT2D eigenvalue weighted by Gasteiger charge is -2.29. The van der Waals surface area contributed by atoms with E-state index >= 15 is 0 Å². The van der Waals surface area contributed by atoms with Crippen LogP contribution < -0.4 is 5.73 Å². The molecule has 1 aromatic rings. The van der Waals surface area contributed by atoms with E-state index in [0.717, 1.165) is 45.4 Å². The standard InChI is InChI=1S/C18H29N3O/c1-15-8-4-5-9-16(15)14-20(2)13-10-17(19)18(22)21-11-6-3-7-12-21/h4-5,8-9,17H,3,6-7,10-14,19H2,1-2H3/t17-/m0/s1. The number of benzene rings is 1. The first-order valence-corrected chi connectivity index (χ1v) is 8.35. The summed E-state index contributed by atoms with van der Waals surface area (Å²) >= 11 is 0. The lowest BCUT2D eigenvalue weighted by molar-refractivity contribution is -0.133. The molecule has 0 aliphatic carbocycles. The largest absolute Gasteiger partial charge is 0.341 e. The van der Waals surface area contributed by atoms with Gasteiger partial charge in [-0.05, 0) is 50.8 Å². The molecule has 1 aromatic carbocycles. The van der Waals surface area contributed by atoms with Crippen LogP contribution in [0.3, 0.4) is 0 Å². The summed E-state index contributed by atoms with van der Waals surface area (Å²) in [6.07, 6.45) is 4.19. The van der Waals surface area contributed by atoms with E-state index in [1.54, 1.807) is 0 Å². The first kappa shape index (κ1) is 17.0. The number of hydrogen-bond acceptors (Lipinski definition) is 3. The average Bonchev–Trinajstić information content (AvgIpc) is 2.55. The van der Waals surface area contributed by atoms with Crippen LogP contribution in [0.15, 0.2) is 24.3 Å². The zero-order chi connectivity index (χ0) is 15.9. The van der Waals surface area contributed by atoms with E-state index in [1.165, 1.54) is 17.5 Å². The van der Waals surface area contributed by atoms with Gasteiger partial charge >= 0.3 is 0 Å². The van der Waals surface area contributed by atoms with Crippen LogP contribution in [0.4, 0.5) is 0 Å². The molecule has 0 radical (unpaired) electrons. The van der Waals surface area contributed by atoms with Gasteiger partial charge in [0.05, 0.1) is 6.04 Å². The molecule has 1 heterocycles. The highest BCUT2D eigenvalue weighted by Crippen LogP contribution is 2.12. The highest BCUT2D eigenvalue weighted by Gasteiger charge is 2.22. The van der Waals surface area contributed by atoms with Crippen LogP contribution in [0.25, 0.3) is 0 Å². The van der Waals surface area contributed by atoms with E-state index < -0.39 is 0 Å². The molecule has 2 N–H and O–H groups in total. The topological polar surface area (TPSA) is 49.6 Å². The molecule has 4 nitrogen and oxygen atoms in total. The predicted molar refractivity (Wildman–Crippen MR) is 90.5 cm³/mol. The van der Waals surface area contributed by atoms with Crippen molar-refractivity contribution < 1.29 is 4.79 Å². The van der Waals surface area contributed by atoms with Crippen LogP contribution in [0.1, 0.15) is 36.8 Å². The Kier molecular flexibility index (Phi) is 6.40. The number of carbonyl (C=O) groups excluding carboxylic acids is 1. The first-order valence-electron chi connectivity index (χ1n) is 8.35. The van der Waals surface area contributed by atoms with Crippen molar-refractivity contribution in [3.8, 4) is 0 Å². The average molecular weight is 303 g/mol. The summed E-state index contributed by atoms with van der Waals surface area (Å²) in [7, 11) is 2.09. The summed E-state index contributed by atoms with van der Waals surface area (Å²) in [4.78, 5) is 16.5. The maximum absolute atomic E-state index is 12.3. The minimum Gasteiger partial charge on any atom is -0.341 e. The fourth-order valence-electron chi connectivity index (χ4n) is 2.99. The molecule has 22 heavy (non-hydrogen) atoms. The minimum absolute atomic E-state index is 0.129. The van der Waals surface area contributed by atoms with Gasteiger partial charge in [0, 0.05) is 26.2 Å². The molecule has 0 spiro atoms. The summed E-state index contributed by atoms with van der Waals surface area (Å²) in [6.45, 7) is 5.64. The van der Waals surface area contributed by atoms with Gasteiger partial charge in [-0.2, -0.15) is 0 Å². The third kappa shape index (κ3) is 4.82. The van der Waals surface area contributed by atoms with Gasteiger partial charge in [0.25, 0.3) is 0 Å². The van der Waals surface area contributed by atoms with Crippen molar-refractivity contribution in [3.63, 3.8) is 0 Å². The molecule has 2 rings (SSSR count). The van der Waals surface area contributed by atoms with Crippen LogP contribution in [-0.4, -0.2) is 48.4 Å². The van der Waals surface area contributed by atoms with Gasteiger partial charge in [-0.1, -0.05) is 24.3 Å². The molecule has 1 amide bonds. The van der Waals surface area contributed by atoms with Gasteiger partial charge in [0.2, 0.25) is 5.91 Å². The van der Waals surface area contributed by atoms with Gasteiger partial charge < -0.3 is 15.5 Å². The van der Waals surface area contributed by atoms with Crippen molar-refractivity contribution in [1.82, 2.24) is 9.80 Å². The summed E-state index contributed by atoms with van der Waals surface area (Å²) < 4.78 is 0. The molecule has 0 bridgehead atoms. The summed E-state index contributed by atoms with van der Waals surface area (Å²) in [5, 5.41) is 0. The van der Waals surface area contributed by atoms with Crippen LogP contribution >= 0.6 is 0 Å². The Labute approximate surface area is 134 Å². The third-order valence-electron chi connectivity index (χ3n) is 4.51. The molecule has 1 aliphatic rings. The zero-order valence-electron chi connectivity index (χ0n) is 13.9. The van der Waals surface area contributed by atoms with Crippen molar-refractivity contribution in [2.45, 2.75) is 45.2 Å². The number of amides is 1. The highest BCUT2D eigenvalue weighted by atomic mass is 16.2. The van der Waals surface area contributed by atoms with Gasteiger partial charge in [-0.15, -0.1) is 0 Å². The number of hydrogen-bond donors (Lipinski definition) is 1. The molecular formula is C18H29N3O. The Hall–Kier alpha value is -1.39. The summed E-state index contributed by atoms with van der Waals surface area (Å²) in [6, 6.07) is 8.06. The van der Waals surface area contributed by atoms with Crippen molar-refractivity contribution in [2.75, 3.05) is 26.7 Å². The van der Waals surface area contributed by atoms with Gasteiger partial charge in [-0.3, -0.25) is 4.79 Å². The Bertz CT molecular complexity index is 483. The number of nitrogens with two attached hydrogens (primary N) is 1. The second-order valence-corrected chi connectivity index (χ2v) is 6.45. The fraction of sp³-hybridized carbons (Fsp3) is 0.611. The van der Waals surface area contributed by atoms with E-state index in [2.05, 4.69) is 43.1 Å². The van der Waals surface area contributed by atoms with Gasteiger partial charge in [0.15, 0.2) is 0 Å². The van der Waals surface area contributed by atoms with E-state index in [1.807, 2.05) is 4.90 Å². The molecule has 4 heteroatoms. The molecule has 1 saturated heterocycles. The molecule has 1 fully saturated rings. The zero-order valence-corrected chi connectivity index (χ0v) is 13.9. The maximum atomic E-state index is 12.3. The number of likely N-dealkylation sites (tertiary alicyclic amines) is 1. The molecule has 0 saturated carbocycles. The Morgan fingerprint density at radius 1 is 1.27 bits per heavy atom. The molecular weight excluding hydrogens is 274 g/mol. The van der Waals surface area contributed by atoms with Crippen LogP contribution in [0, 0.1) is 6.92 Å². The molecule has 1 atom stereocenters. The van der Waals surface area contributed by atoms with Gasteiger partial charge in [-0.25, -0.2) is 0 Å². The van der Waals surface area contributed by atoms with E-state index in [4.69, 9.17) is 5.73 Å². The highest BCUT2D eigenvalue weighted by molar-refractivity contribution is 5.81. The molecule has 0 unspecified atom stereocenters. The quantitative estimate of drug-likeness (QED) is 0.876. The number of nitrogens with zero attached hydrogens (tertiary/aromatic N) is 2. The number of aryl methyl sites for hydroxylation is 1. The monoisotopic (exact) mass is 303 g/mol. The normalized spacial score (nSPS) is 16.8. The second-order valence-electron chi connectivity index (χ2n) is 6.45. The first-order chi connectivity index (χ1) is 10.6. The number of rotatable bonds is 6.